The van der Waals surface area contributed by atoms with Gasteiger partial charge in [-0.2, -0.15) is 0 Å². The van der Waals surface area contributed by atoms with E-state index in [2.05, 4.69) is 9.97 Å². The highest BCUT2D eigenvalue weighted by Gasteiger charge is 2.15. The van der Waals surface area contributed by atoms with E-state index in [4.69, 9.17) is 4.42 Å². The number of aryl methyl sites for hydroxylation is 1. The molecule has 0 saturated heterocycles. The lowest BCUT2D eigenvalue weighted by molar-refractivity contribution is 0.391. The summed E-state index contributed by atoms with van der Waals surface area (Å²) in [6.45, 7) is 5.22. The Labute approximate surface area is 156 Å². The van der Waals surface area contributed by atoms with Crippen LogP contribution in [-0.4, -0.2) is 20.2 Å². The molecule has 27 heavy (non-hydrogen) atoms. The van der Waals surface area contributed by atoms with Crippen molar-refractivity contribution >= 4 is 5.57 Å². The minimum absolute atomic E-state index is 0.0289. The van der Waals surface area contributed by atoms with Crippen LogP contribution in [0.1, 0.15) is 31.7 Å². The van der Waals surface area contributed by atoms with E-state index in [1.54, 1.807) is 50.2 Å². The molecule has 0 aliphatic carbocycles. The zero-order valence-electron chi connectivity index (χ0n) is 15.4. The highest BCUT2D eigenvalue weighted by Crippen LogP contribution is 2.30. The maximum Gasteiger partial charge on any atom is 0.174 e. The van der Waals surface area contributed by atoms with E-state index in [1.165, 1.54) is 0 Å². The minimum atomic E-state index is -0.546. The van der Waals surface area contributed by atoms with Crippen molar-refractivity contribution < 1.29 is 19.0 Å². The van der Waals surface area contributed by atoms with Gasteiger partial charge in [-0.05, 0) is 50.2 Å². The van der Waals surface area contributed by atoms with E-state index in [1.807, 2.05) is 6.92 Å². The average molecular weight is 368 g/mol. The van der Waals surface area contributed by atoms with Crippen LogP contribution in [0.3, 0.4) is 0 Å². The number of aromatic amines is 1. The van der Waals surface area contributed by atoms with Gasteiger partial charge in [-0.3, -0.25) is 0 Å². The summed E-state index contributed by atoms with van der Waals surface area (Å²) < 4.78 is 19.9. The summed E-state index contributed by atoms with van der Waals surface area (Å²) >= 11 is 0. The van der Waals surface area contributed by atoms with Gasteiger partial charge in [0.05, 0.1) is 11.5 Å². The van der Waals surface area contributed by atoms with Crippen LogP contribution in [0.5, 0.6) is 5.75 Å². The molecular formula is C21H21FN2O3. The second kappa shape index (κ2) is 7.53. The van der Waals surface area contributed by atoms with Crippen molar-refractivity contribution in [3.63, 3.8) is 0 Å². The third-order valence-corrected chi connectivity index (χ3v) is 4.25. The van der Waals surface area contributed by atoms with Crippen LogP contribution in [-0.2, 0) is 0 Å². The highest BCUT2D eigenvalue weighted by molar-refractivity contribution is 5.68. The number of nitrogens with zero attached hydrogens (tertiary/aromatic N) is 1. The molecule has 0 aliphatic rings. The standard InChI is InChI=1S/C21H21FN2O3/c1-4-15(25)11-17(22)12(2)18-9-10-19(27-18)21-23-13(3)20(24-21)14-5-7-16(26)8-6-14/h5-11,25-26H,4H2,1-3H3,(H,23,24)/b15-11+,17-12-. The number of H-pyrrole nitrogens is 1. The normalized spacial score (nSPS) is 13.0. The number of furan rings is 1. The monoisotopic (exact) mass is 368 g/mol. The van der Waals surface area contributed by atoms with E-state index in [9.17, 15) is 14.6 Å². The Hall–Kier alpha value is -3.28. The average Bonchev–Trinajstić information content (AvgIpc) is 3.28. The number of rotatable bonds is 5. The maximum absolute atomic E-state index is 14.2. The van der Waals surface area contributed by atoms with Crippen LogP contribution in [0.2, 0.25) is 0 Å². The smallest absolute Gasteiger partial charge is 0.174 e. The summed E-state index contributed by atoms with van der Waals surface area (Å²) in [5.41, 5.74) is 2.75. The van der Waals surface area contributed by atoms with Crippen molar-refractivity contribution in [3.8, 4) is 28.6 Å². The molecule has 0 atom stereocenters. The molecule has 0 fully saturated rings. The topological polar surface area (TPSA) is 82.3 Å². The summed E-state index contributed by atoms with van der Waals surface area (Å²) in [4.78, 5) is 7.73. The van der Waals surface area contributed by atoms with Gasteiger partial charge in [0.1, 0.15) is 17.3 Å². The number of phenols is 1. The zero-order valence-corrected chi connectivity index (χ0v) is 15.4. The Morgan fingerprint density at radius 3 is 2.59 bits per heavy atom. The first-order chi connectivity index (χ1) is 12.9. The molecule has 0 radical (unpaired) electrons. The SMILES string of the molecule is CC/C(O)=C\C(F)=C(/C)c1ccc(-c2nc(-c3ccc(O)cc3)c(C)[nH]2)o1. The lowest BCUT2D eigenvalue weighted by atomic mass is 10.1. The van der Waals surface area contributed by atoms with Gasteiger partial charge in [0, 0.05) is 29.3 Å². The summed E-state index contributed by atoms with van der Waals surface area (Å²) in [6, 6.07) is 10.2. The van der Waals surface area contributed by atoms with E-state index >= 15 is 0 Å². The van der Waals surface area contributed by atoms with Crippen molar-refractivity contribution in [2.45, 2.75) is 27.2 Å². The summed E-state index contributed by atoms with van der Waals surface area (Å²) in [5.74, 6) is 0.989. The van der Waals surface area contributed by atoms with Crippen LogP contribution < -0.4 is 0 Å². The van der Waals surface area contributed by atoms with Crippen molar-refractivity contribution in [2.24, 2.45) is 0 Å². The predicted molar refractivity (Wildman–Crippen MR) is 103 cm³/mol. The zero-order chi connectivity index (χ0) is 19.6. The van der Waals surface area contributed by atoms with Crippen molar-refractivity contribution in [3.05, 3.63) is 65.5 Å². The molecule has 6 heteroatoms. The number of halogens is 1. The quantitative estimate of drug-likeness (QED) is 0.386. The molecule has 3 rings (SSSR count). The lowest BCUT2D eigenvalue weighted by Crippen LogP contribution is -1.83. The van der Waals surface area contributed by atoms with E-state index in [-0.39, 0.29) is 11.5 Å². The Morgan fingerprint density at radius 1 is 1.22 bits per heavy atom. The predicted octanol–water partition coefficient (Wildman–Crippen LogP) is 5.90. The van der Waals surface area contributed by atoms with Crippen LogP contribution in [0.15, 0.2) is 58.5 Å². The number of phenolic OH excluding ortho intramolecular Hbond substituents is 1. The van der Waals surface area contributed by atoms with Gasteiger partial charge in [-0.15, -0.1) is 0 Å². The van der Waals surface area contributed by atoms with Gasteiger partial charge in [0.25, 0.3) is 0 Å². The fourth-order valence-electron chi connectivity index (χ4n) is 2.62. The summed E-state index contributed by atoms with van der Waals surface area (Å²) in [6.07, 6.45) is 1.45. The molecule has 1 aromatic carbocycles. The fourth-order valence-corrected chi connectivity index (χ4v) is 2.62. The number of imidazole rings is 1. The fraction of sp³-hybridized carbons (Fsp3) is 0.190. The molecule has 3 aromatic rings. The maximum atomic E-state index is 14.2. The second-order valence-electron chi connectivity index (χ2n) is 6.23. The van der Waals surface area contributed by atoms with Crippen molar-refractivity contribution in [2.75, 3.05) is 0 Å². The van der Waals surface area contributed by atoms with Crippen LogP contribution in [0.25, 0.3) is 28.4 Å². The minimum Gasteiger partial charge on any atom is -0.512 e. The van der Waals surface area contributed by atoms with Gasteiger partial charge >= 0.3 is 0 Å². The molecule has 0 amide bonds. The first-order valence-electron chi connectivity index (χ1n) is 8.61. The number of nitrogens with one attached hydrogen (secondary N) is 1. The highest BCUT2D eigenvalue weighted by atomic mass is 19.1. The molecule has 0 saturated carbocycles. The largest absolute Gasteiger partial charge is 0.512 e. The van der Waals surface area contributed by atoms with Crippen molar-refractivity contribution in [1.29, 1.82) is 0 Å². The Morgan fingerprint density at radius 2 is 1.93 bits per heavy atom. The Bertz CT molecular complexity index is 1010. The van der Waals surface area contributed by atoms with Crippen LogP contribution in [0, 0.1) is 6.92 Å². The van der Waals surface area contributed by atoms with E-state index in [0.29, 0.717) is 29.3 Å². The number of aliphatic hydroxyl groups excluding tert-OH is 1. The molecule has 2 aromatic heterocycles. The first kappa shape index (κ1) is 18.5. The lowest BCUT2D eigenvalue weighted by Gasteiger charge is -1.99. The van der Waals surface area contributed by atoms with E-state index < -0.39 is 5.83 Å². The molecular weight excluding hydrogens is 347 g/mol. The molecule has 5 nitrogen and oxygen atoms in total. The number of aromatic hydroxyl groups is 1. The molecule has 0 unspecified atom stereocenters. The Balaban J connectivity index is 1.92. The van der Waals surface area contributed by atoms with Gasteiger partial charge in [-0.1, -0.05) is 6.92 Å². The summed E-state index contributed by atoms with van der Waals surface area (Å²) in [5, 5.41) is 18.9. The number of hydrogen-bond acceptors (Lipinski definition) is 4. The van der Waals surface area contributed by atoms with Crippen LogP contribution >= 0.6 is 0 Å². The number of aromatic nitrogens is 2. The van der Waals surface area contributed by atoms with Crippen LogP contribution in [0.4, 0.5) is 4.39 Å². The van der Waals surface area contributed by atoms with Gasteiger partial charge < -0.3 is 19.6 Å². The third-order valence-electron chi connectivity index (χ3n) is 4.25. The summed E-state index contributed by atoms with van der Waals surface area (Å²) in [7, 11) is 0. The second-order valence-corrected chi connectivity index (χ2v) is 6.23. The van der Waals surface area contributed by atoms with Gasteiger partial charge in [0.2, 0.25) is 0 Å². The Kier molecular flexibility index (Phi) is 5.16. The molecule has 0 bridgehead atoms. The van der Waals surface area contributed by atoms with Gasteiger partial charge in [0.15, 0.2) is 11.6 Å². The molecule has 0 aliphatic heterocycles. The van der Waals surface area contributed by atoms with Gasteiger partial charge in [-0.25, -0.2) is 9.37 Å². The third kappa shape index (κ3) is 3.95. The molecule has 140 valence electrons. The number of allylic oxidation sites excluding steroid dienone is 4. The molecule has 3 N–H and O–H groups in total. The molecule has 0 spiro atoms. The first-order valence-corrected chi connectivity index (χ1v) is 8.61. The van der Waals surface area contributed by atoms with E-state index in [0.717, 1.165) is 23.0 Å². The molecule has 2 heterocycles. The number of hydrogen-bond donors (Lipinski definition) is 3. The number of benzene rings is 1. The number of aliphatic hydroxyl groups is 1. The van der Waals surface area contributed by atoms with Crippen molar-refractivity contribution in [1.82, 2.24) is 9.97 Å².